The lowest BCUT2D eigenvalue weighted by molar-refractivity contribution is -0.915. The Hall–Kier alpha value is -3.11. The van der Waals surface area contributed by atoms with Crippen LogP contribution in [0.4, 0.5) is 5.69 Å². The molecule has 0 saturated heterocycles. The Morgan fingerprint density at radius 1 is 1.00 bits per heavy atom. The van der Waals surface area contributed by atoms with Gasteiger partial charge in [0.25, 0.3) is 5.91 Å². The van der Waals surface area contributed by atoms with Crippen molar-refractivity contribution in [1.82, 2.24) is 0 Å². The number of carbonyl (C=O) groups is 1. The van der Waals surface area contributed by atoms with Crippen LogP contribution in [-0.4, -0.2) is 20.1 Å². The maximum absolute atomic E-state index is 13.4. The summed E-state index contributed by atoms with van der Waals surface area (Å²) in [5, 5.41) is 3.15. The molecule has 29 heavy (non-hydrogen) atoms. The number of hydrogen-bond acceptors (Lipinski definition) is 2. The fourth-order valence-electron chi connectivity index (χ4n) is 3.59. The van der Waals surface area contributed by atoms with Gasteiger partial charge in [0.05, 0.1) is 14.2 Å². The summed E-state index contributed by atoms with van der Waals surface area (Å²) in [7, 11) is 3.72. The second-order valence-electron chi connectivity index (χ2n) is 7.53. The van der Waals surface area contributed by atoms with Gasteiger partial charge >= 0.3 is 0 Å². The summed E-state index contributed by atoms with van der Waals surface area (Å²) >= 11 is 0. The fraction of sp³-hybridized carbons (Fsp3) is 0.240. The number of benzene rings is 3. The minimum Gasteiger partial charge on any atom is -0.497 e. The van der Waals surface area contributed by atoms with Crippen LogP contribution in [0.3, 0.4) is 0 Å². The first kappa shape index (κ1) is 20.6. The third-order valence-corrected chi connectivity index (χ3v) is 5.16. The Labute approximate surface area is 173 Å². The quantitative estimate of drug-likeness (QED) is 0.647. The van der Waals surface area contributed by atoms with Gasteiger partial charge in [0.1, 0.15) is 12.3 Å². The van der Waals surface area contributed by atoms with Crippen molar-refractivity contribution in [2.75, 3.05) is 19.5 Å². The maximum atomic E-state index is 13.4. The molecule has 3 rings (SSSR count). The molecule has 0 fully saturated rings. The molecule has 3 aromatic carbocycles. The van der Waals surface area contributed by atoms with Crippen LogP contribution in [0.2, 0.25) is 0 Å². The van der Waals surface area contributed by atoms with Crippen LogP contribution in [-0.2, 0) is 11.3 Å². The average molecular weight is 390 g/mol. The minimum atomic E-state index is -0.331. The van der Waals surface area contributed by atoms with Gasteiger partial charge in [-0.3, -0.25) is 4.79 Å². The molecule has 0 spiro atoms. The Kier molecular flexibility index (Phi) is 6.68. The van der Waals surface area contributed by atoms with Crippen LogP contribution in [0.1, 0.15) is 28.3 Å². The summed E-state index contributed by atoms with van der Waals surface area (Å²) < 4.78 is 5.34. The Balaban J connectivity index is 1.87. The van der Waals surface area contributed by atoms with Crippen LogP contribution >= 0.6 is 0 Å². The van der Waals surface area contributed by atoms with Crippen molar-refractivity contribution >= 4 is 11.6 Å². The molecule has 1 unspecified atom stereocenters. The molecule has 0 aliphatic heterocycles. The summed E-state index contributed by atoms with van der Waals surface area (Å²) in [6.07, 6.45) is 0. The van der Waals surface area contributed by atoms with Crippen molar-refractivity contribution in [3.8, 4) is 5.75 Å². The van der Waals surface area contributed by atoms with Gasteiger partial charge in [-0.1, -0.05) is 54.6 Å². The Bertz CT molecular complexity index is 970. The highest BCUT2D eigenvalue weighted by molar-refractivity contribution is 5.95. The summed E-state index contributed by atoms with van der Waals surface area (Å²) in [6, 6.07) is 23.7. The molecule has 0 saturated carbocycles. The van der Waals surface area contributed by atoms with Gasteiger partial charge < -0.3 is 15.0 Å². The molecule has 2 atom stereocenters. The van der Waals surface area contributed by atoms with E-state index >= 15 is 0 Å². The largest absolute Gasteiger partial charge is 0.497 e. The van der Waals surface area contributed by atoms with Gasteiger partial charge in [-0.25, -0.2) is 0 Å². The van der Waals surface area contributed by atoms with E-state index in [4.69, 9.17) is 4.74 Å². The number of amides is 1. The Morgan fingerprint density at radius 2 is 1.76 bits per heavy atom. The van der Waals surface area contributed by atoms with Crippen molar-refractivity contribution < 1.29 is 14.4 Å². The highest BCUT2D eigenvalue weighted by Crippen LogP contribution is 2.19. The monoisotopic (exact) mass is 389 g/mol. The average Bonchev–Trinajstić information content (AvgIpc) is 2.72. The molecule has 1 amide bonds. The molecule has 0 aliphatic rings. The lowest BCUT2D eigenvalue weighted by atomic mass is 10.0. The molecule has 0 aliphatic carbocycles. The van der Waals surface area contributed by atoms with Gasteiger partial charge in [0, 0.05) is 16.8 Å². The fourth-order valence-corrected chi connectivity index (χ4v) is 3.59. The van der Waals surface area contributed by atoms with E-state index in [0.717, 1.165) is 38.6 Å². The molecule has 3 aromatic rings. The number of anilines is 1. The maximum Gasteiger partial charge on any atom is 0.287 e. The highest BCUT2D eigenvalue weighted by Gasteiger charge is 2.29. The zero-order valence-electron chi connectivity index (χ0n) is 17.5. The van der Waals surface area contributed by atoms with Crippen LogP contribution in [0.5, 0.6) is 5.75 Å². The first-order valence-electron chi connectivity index (χ1n) is 9.86. The normalized spacial score (nSPS) is 12.8. The lowest BCUT2D eigenvalue weighted by Crippen LogP contribution is -3.09. The van der Waals surface area contributed by atoms with Gasteiger partial charge in [0.2, 0.25) is 0 Å². The number of aryl methyl sites for hydroxylation is 2. The number of hydrogen-bond donors (Lipinski definition) is 2. The summed E-state index contributed by atoms with van der Waals surface area (Å²) in [5.41, 5.74) is 5.17. The molecule has 0 heterocycles. The topological polar surface area (TPSA) is 42.8 Å². The van der Waals surface area contributed by atoms with E-state index in [9.17, 15) is 4.79 Å². The lowest BCUT2D eigenvalue weighted by Gasteiger charge is -2.25. The van der Waals surface area contributed by atoms with E-state index in [-0.39, 0.29) is 11.9 Å². The van der Waals surface area contributed by atoms with E-state index in [1.54, 1.807) is 7.11 Å². The number of ether oxygens (including phenoxy) is 1. The number of nitrogens with one attached hydrogen (secondary N) is 2. The van der Waals surface area contributed by atoms with Crippen molar-refractivity contribution in [3.05, 3.63) is 95.1 Å². The summed E-state index contributed by atoms with van der Waals surface area (Å²) in [5.74, 6) is 0.816. The van der Waals surface area contributed by atoms with E-state index < -0.39 is 0 Å². The molecule has 0 radical (unpaired) electrons. The van der Waals surface area contributed by atoms with Gasteiger partial charge in [-0.2, -0.15) is 0 Å². The third kappa shape index (κ3) is 5.24. The van der Waals surface area contributed by atoms with Gasteiger partial charge in [-0.05, 0) is 43.2 Å². The summed E-state index contributed by atoms with van der Waals surface area (Å²) in [4.78, 5) is 14.5. The van der Waals surface area contributed by atoms with E-state index in [2.05, 4.69) is 24.5 Å². The zero-order valence-corrected chi connectivity index (χ0v) is 17.5. The number of quaternary nitrogens is 1. The molecule has 4 nitrogen and oxygen atoms in total. The molecular weight excluding hydrogens is 360 g/mol. The standard InChI is InChI=1S/C25H28N2O2/c1-18-13-14-19(2)23(15-18)26-25(28)24(21-10-6-5-7-11-21)27(3)17-20-9-8-12-22(16-20)29-4/h5-16,24H,17H2,1-4H3,(H,26,28)/p+1/t24-/m0/s1. The third-order valence-electron chi connectivity index (χ3n) is 5.16. The van der Waals surface area contributed by atoms with Gasteiger partial charge in [-0.15, -0.1) is 0 Å². The van der Waals surface area contributed by atoms with E-state index in [1.807, 2.05) is 74.5 Å². The van der Waals surface area contributed by atoms with Crippen molar-refractivity contribution in [3.63, 3.8) is 0 Å². The van der Waals surface area contributed by atoms with Crippen LogP contribution in [0, 0.1) is 13.8 Å². The Morgan fingerprint density at radius 3 is 2.48 bits per heavy atom. The molecule has 2 N–H and O–H groups in total. The number of methoxy groups -OCH3 is 1. The predicted molar refractivity (Wildman–Crippen MR) is 117 cm³/mol. The van der Waals surface area contributed by atoms with Gasteiger partial charge in [0.15, 0.2) is 6.04 Å². The van der Waals surface area contributed by atoms with Crippen LogP contribution in [0.25, 0.3) is 0 Å². The SMILES string of the molecule is COc1cccc(C[NH+](C)[C@H](C(=O)Nc2cc(C)ccc2C)c2ccccc2)c1. The van der Waals surface area contributed by atoms with E-state index in [1.165, 1.54) is 0 Å². The predicted octanol–water partition coefficient (Wildman–Crippen LogP) is 3.71. The number of likely N-dealkylation sites (N-methyl/N-ethyl adjacent to an activating group) is 1. The van der Waals surface area contributed by atoms with Crippen molar-refractivity contribution in [2.45, 2.75) is 26.4 Å². The van der Waals surface area contributed by atoms with Crippen LogP contribution < -0.4 is 15.0 Å². The highest BCUT2D eigenvalue weighted by atomic mass is 16.5. The van der Waals surface area contributed by atoms with Crippen molar-refractivity contribution in [2.24, 2.45) is 0 Å². The first-order chi connectivity index (χ1) is 14.0. The summed E-state index contributed by atoms with van der Waals surface area (Å²) in [6.45, 7) is 4.75. The minimum absolute atomic E-state index is 0.00899. The molecule has 0 aromatic heterocycles. The van der Waals surface area contributed by atoms with Crippen molar-refractivity contribution in [1.29, 1.82) is 0 Å². The second-order valence-corrected chi connectivity index (χ2v) is 7.53. The first-order valence-corrected chi connectivity index (χ1v) is 9.86. The molecule has 4 heteroatoms. The number of rotatable bonds is 7. The molecule has 150 valence electrons. The molecule has 0 bridgehead atoms. The van der Waals surface area contributed by atoms with Crippen LogP contribution in [0.15, 0.2) is 72.8 Å². The van der Waals surface area contributed by atoms with E-state index in [0.29, 0.717) is 6.54 Å². The number of carbonyl (C=O) groups excluding carboxylic acids is 1. The zero-order chi connectivity index (χ0) is 20.8. The second kappa shape index (κ2) is 9.39. The molecular formula is C25H29N2O2+. The smallest absolute Gasteiger partial charge is 0.287 e.